The number of hydrogen-bond donors (Lipinski definition) is 1. The number of fused-ring (bicyclic) bond motifs is 2. The number of nitrogens with zero attached hydrogens (tertiary/aromatic N) is 2. The quantitative estimate of drug-likeness (QED) is 0.467. The van der Waals surface area contributed by atoms with Crippen molar-refractivity contribution in [3.8, 4) is 0 Å². The number of pyridine rings is 1. The Morgan fingerprint density at radius 3 is 2.24 bits per heavy atom. The molecule has 1 aromatic heterocycles. The van der Waals surface area contributed by atoms with Crippen molar-refractivity contribution in [1.82, 2.24) is 14.8 Å². The average Bonchev–Trinajstić information content (AvgIpc) is 2.86. The molecule has 5 rings (SSSR count). The van der Waals surface area contributed by atoms with E-state index in [-0.39, 0.29) is 24.0 Å². The van der Waals surface area contributed by atoms with Crippen molar-refractivity contribution in [3.63, 3.8) is 0 Å². The molecule has 0 aliphatic carbocycles. The molecule has 1 atom stereocenters. The summed E-state index contributed by atoms with van der Waals surface area (Å²) in [7, 11) is 0. The molecule has 0 spiro atoms. The Kier molecular flexibility index (Phi) is 6.19. The van der Waals surface area contributed by atoms with Gasteiger partial charge < -0.3 is 14.6 Å². The molecule has 4 aromatic rings. The zero-order chi connectivity index (χ0) is 22.6. The fourth-order valence-electron chi connectivity index (χ4n) is 4.56. The normalized spacial score (nSPS) is 16.8. The maximum absolute atomic E-state index is 12.9. The summed E-state index contributed by atoms with van der Waals surface area (Å²) in [6.45, 7) is 3.79. The van der Waals surface area contributed by atoms with E-state index in [9.17, 15) is 9.59 Å². The fraction of sp³-hybridized carbons (Fsp3) is 0.259. The van der Waals surface area contributed by atoms with Gasteiger partial charge in [-0.2, -0.15) is 0 Å². The summed E-state index contributed by atoms with van der Waals surface area (Å²) in [4.78, 5) is 28.2. The van der Waals surface area contributed by atoms with Crippen LogP contribution in [0.2, 0.25) is 0 Å². The molecule has 0 saturated carbocycles. The summed E-state index contributed by atoms with van der Waals surface area (Å²) in [5.41, 5.74) is 2.80. The number of para-hydroxylation sites is 2. The maximum atomic E-state index is 12.9. The van der Waals surface area contributed by atoms with Crippen LogP contribution < -0.4 is 10.7 Å². The third-order valence-electron chi connectivity index (χ3n) is 6.18. The number of benzene rings is 3. The van der Waals surface area contributed by atoms with E-state index in [2.05, 4.69) is 34.5 Å². The summed E-state index contributed by atoms with van der Waals surface area (Å²) < 4.78 is 7.82. The molecule has 1 N–H and O–H groups in total. The highest BCUT2D eigenvalue weighted by atomic mass is 16.5. The number of rotatable bonds is 6. The molecule has 2 heterocycles. The first-order valence-electron chi connectivity index (χ1n) is 11.3. The van der Waals surface area contributed by atoms with Crippen LogP contribution in [0.1, 0.15) is 5.56 Å². The molecule has 33 heavy (non-hydrogen) atoms. The maximum Gasteiger partial charge on any atom is 0.240 e. The average molecular weight is 442 g/mol. The largest absolute Gasteiger partial charge is 0.374 e. The van der Waals surface area contributed by atoms with Crippen molar-refractivity contribution < 1.29 is 9.53 Å². The third kappa shape index (κ3) is 4.67. The van der Waals surface area contributed by atoms with Crippen molar-refractivity contribution in [1.29, 1.82) is 0 Å². The van der Waals surface area contributed by atoms with Gasteiger partial charge in [0.15, 0.2) is 5.43 Å². The van der Waals surface area contributed by atoms with Crippen molar-refractivity contribution in [2.24, 2.45) is 0 Å². The van der Waals surface area contributed by atoms with Crippen LogP contribution in [-0.2, 0) is 22.6 Å². The van der Waals surface area contributed by atoms with Crippen LogP contribution >= 0.6 is 0 Å². The van der Waals surface area contributed by atoms with Gasteiger partial charge in [-0.1, -0.05) is 54.6 Å². The number of aromatic nitrogens is 1. The Balaban J connectivity index is 1.28. The SMILES string of the molecule is O=C(Cn1c2ccccc2c(=O)c2ccccc21)NC[C@H]1CN(Cc2ccccc2)CCO1. The zero-order valence-corrected chi connectivity index (χ0v) is 18.4. The monoisotopic (exact) mass is 441 g/mol. The number of carbonyl (C=O) groups is 1. The number of hydrogen-bond acceptors (Lipinski definition) is 4. The molecule has 6 heteroatoms. The van der Waals surface area contributed by atoms with Gasteiger partial charge in [0.1, 0.15) is 6.54 Å². The number of nitrogens with one attached hydrogen (secondary N) is 1. The zero-order valence-electron chi connectivity index (χ0n) is 18.4. The summed E-state index contributed by atoms with van der Waals surface area (Å²) in [6, 6.07) is 25.3. The van der Waals surface area contributed by atoms with Crippen LogP contribution in [0.15, 0.2) is 83.7 Å². The highest BCUT2D eigenvalue weighted by molar-refractivity contribution is 5.94. The van der Waals surface area contributed by atoms with E-state index >= 15 is 0 Å². The fourth-order valence-corrected chi connectivity index (χ4v) is 4.56. The Morgan fingerprint density at radius 2 is 1.55 bits per heavy atom. The summed E-state index contributed by atoms with van der Waals surface area (Å²) >= 11 is 0. The Morgan fingerprint density at radius 1 is 0.909 bits per heavy atom. The van der Waals surface area contributed by atoms with Crippen LogP contribution in [0.5, 0.6) is 0 Å². The predicted octanol–water partition coefficient (Wildman–Crippen LogP) is 3.17. The van der Waals surface area contributed by atoms with Gasteiger partial charge >= 0.3 is 0 Å². The van der Waals surface area contributed by atoms with Crippen LogP contribution in [-0.4, -0.2) is 47.7 Å². The van der Waals surface area contributed by atoms with Gasteiger partial charge in [-0.05, 0) is 29.8 Å². The first kappa shape index (κ1) is 21.4. The predicted molar refractivity (Wildman–Crippen MR) is 130 cm³/mol. The van der Waals surface area contributed by atoms with E-state index in [1.54, 1.807) is 0 Å². The summed E-state index contributed by atoms with van der Waals surface area (Å²) in [5.74, 6) is -0.0993. The van der Waals surface area contributed by atoms with E-state index in [0.717, 1.165) is 30.7 Å². The van der Waals surface area contributed by atoms with Crippen molar-refractivity contribution >= 4 is 27.7 Å². The van der Waals surface area contributed by atoms with E-state index in [1.807, 2.05) is 59.2 Å². The number of amides is 1. The second-order valence-corrected chi connectivity index (χ2v) is 8.47. The van der Waals surface area contributed by atoms with Gasteiger partial charge in [0.2, 0.25) is 5.91 Å². The minimum atomic E-state index is -0.0993. The van der Waals surface area contributed by atoms with Crippen molar-refractivity contribution in [3.05, 3.63) is 94.6 Å². The van der Waals surface area contributed by atoms with Crippen LogP contribution in [0.3, 0.4) is 0 Å². The molecule has 1 saturated heterocycles. The molecule has 0 unspecified atom stereocenters. The smallest absolute Gasteiger partial charge is 0.240 e. The number of ether oxygens (including phenoxy) is 1. The van der Waals surface area contributed by atoms with Crippen molar-refractivity contribution in [2.45, 2.75) is 19.2 Å². The first-order valence-corrected chi connectivity index (χ1v) is 11.3. The topological polar surface area (TPSA) is 63.6 Å². The highest BCUT2D eigenvalue weighted by Crippen LogP contribution is 2.19. The lowest BCUT2D eigenvalue weighted by Crippen LogP contribution is -2.47. The lowest BCUT2D eigenvalue weighted by Gasteiger charge is -2.33. The molecule has 6 nitrogen and oxygen atoms in total. The van der Waals surface area contributed by atoms with Gasteiger partial charge in [0.25, 0.3) is 0 Å². The van der Waals surface area contributed by atoms with E-state index < -0.39 is 0 Å². The number of carbonyl (C=O) groups excluding carboxylic acids is 1. The van der Waals surface area contributed by atoms with Gasteiger partial charge in [0.05, 0.1) is 23.7 Å². The van der Waals surface area contributed by atoms with Gasteiger partial charge in [-0.15, -0.1) is 0 Å². The Bertz CT molecular complexity index is 1270. The lowest BCUT2D eigenvalue weighted by atomic mass is 10.1. The standard InChI is InChI=1S/C27H27N3O3/c31-26(28-16-21-18-29(14-15-33-21)17-20-8-2-1-3-9-20)19-30-24-12-6-4-10-22(24)27(32)23-11-5-7-13-25(23)30/h1-13,21H,14-19H2,(H,28,31)/t21-/m0/s1. The second kappa shape index (κ2) is 9.57. The number of morpholine rings is 1. The molecule has 3 aromatic carbocycles. The van der Waals surface area contributed by atoms with E-state index in [1.165, 1.54) is 5.56 Å². The van der Waals surface area contributed by atoms with Gasteiger partial charge in [-0.25, -0.2) is 0 Å². The molecule has 0 bridgehead atoms. The molecule has 1 amide bonds. The first-order chi connectivity index (χ1) is 16.2. The van der Waals surface area contributed by atoms with Crippen LogP contribution in [0, 0.1) is 0 Å². The van der Waals surface area contributed by atoms with Crippen LogP contribution in [0.25, 0.3) is 21.8 Å². The molecular weight excluding hydrogens is 414 g/mol. The van der Waals surface area contributed by atoms with E-state index in [4.69, 9.17) is 4.74 Å². The van der Waals surface area contributed by atoms with Gasteiger partial charge in [0, 0.05) is 37.0 Å². The summed E-state index contributed by atoms with van der Waals surface area (Å²) in [5, 5.41) is 4.28. The van der Waals surface area contributed by atoms with Crippen molar-refractivity contribution in [2.75, 3.05) is 26.2 Å². The molecule has 1 aliphatic rings. The molecule has 1 aliphatic heterocycles. The van der Waals surface area contributed by atoms with Gasteiger partial charge in [-0.3, -0.25) is 14.5 Å². The highest BCUT2D eigenvalue weighted by Gasteiger charge is 2.21. The Labute approximate surface area is 192 Å². The minimum Gasteiger partial charge on any atom is -0.374 e. The minimum absolute atomic E-state index is 0.00743. The summed E-state index contributed by atoms with van der Waals surface area (Å²) in [6.07, 6.45) is -0.0473. The molecule has 1 fully saturated rings. The lowest BCUT2D eigenvalue weighted by molar-refractivity contribution is -0.122. The van der Waals surface area contributed by atoms with E-state index in [0.29, 0.717) is 23.9 Å². The van der Waals surface area contributed by atoms with Crippen LogP contribution in [0.4, 0.5) is 0 Å². The Hall–Kier alpha value is -3.48. The molecular formula is C27H27N3O3. The third-order valence-corrected chi connectivity index (χ3v) is 6.18. The molecule has 0 radical (unpaired) electrons. The molecule has 168 valence electrons. The second-order valence-electron chi connectivity index (χ2n) is 8.47.